The maximum Gasteiger partial charge on any atom is 0.417 e. The minimum Gasteiger partial charge on any atom is -0.478 e. The van der Waals surface area contributed by atoms with Crippen molar-refractivity contribution >= 4 is 26.0 Å². The molecule has 39 heavy (non-hydrogen) atoms. The van der Waals surface area contributed by atoms with Crippen LogP contribution in [0.1, 0.15) is 34.3 Å². The van der Waals surface area contributed by atoms with Crippen molar-refractivity contribution in [3.05, 3.63) is 83.4 Å². The zero-order chi connectivity index (χ0) is 28.6. The number of nitrogens with one attached hydrogen (secondary N) is 1. The van der Waals surface area contributed by atoms with E-state index in [1.165, 1.54) is 24.3 Å². The van der Waals surface area contributed by atoms with Crippen LogP contribution < -0.4 is 4.72 Å². The smallest absolute Gasteiger partial charge is 0.417 e. The maximum absolute atomic E-state index is 14.0. The zero-order valence-electron chi connectivity index (χ0n) is 20.6. The highest BCUT2D eigenvalue weighted by Gasteiger charge is 2.39. The van der Waals surface area contributed by atoms with Gasteiger partial charge >= 0.3 is 12.1 Å². The Labute approximate surface area is 224 Å². The van der Waals surface area contributed by atoms with Gasteiger partial charge in [-0.2, -0.15) is 17.5 Å². The molecule has 0 spiro atoms. The molecule has 1 saturated heterocycles. The van der Waals surface area contributed by atoms with Crippen molar-refractivity contribution in [1.29, 1.82) is 0 Å². The lowest BCUT2D eigenvalue weighted by Crippen LogP contribution is -2.46. The Morgan fingerprint density at radius 3 is 2.23 bits per heavy atom. The summed E-state index contributed by atoms with van der Waals surface area (Å²) in [7, 11) is -8.66. The number of aromatic carboxylic acids is 1. The fraction of sp³-hybridized carbons (Fsp3) is 0.269. The van der Waals surface area contributed by atoms with Gasteiger partial charge in [-0.1, -0.05) is 36.4 Å². The van der Waals surface area contributed by atoms with Crippen LogP contribution in [0, 0.1) is 6.92 Å². The Morgan fingerprint density at radius 1 is 0.949 bits per heavy atom. The quantitative estimate of drug-likeness (QED) is 0.423. The van der Waals surface area contributed by atoms with Crippen LogP contribution in [-0.4, -0.2) is 51.3 Å². The van der Waals surface area contributed by atoms with Crippen LogP contribution in [0.3, 0.4) is 0 Å². The van der Waals surface area contributed by atoms with Crippen molar-refractivity contribution in [2.24, 2.45) is 0 Å². The van der Waals surface area contributed by atoms with E-state index in [0.29, 0.717) is 5.56 Å². The number of carbonyl (C=O) groups is 1. The number of rotatable bonds is 7. The summed E-state index contributed by atoms with van der Waals surface area (Å²) in [6.07, 6.45) is -4.91. The van der Waals surface area contributed by atoms with Gasteiger partial charge in [0, 0.05) is 19.1 Å². The standard InChI is InChI=1S/C26H25F3N2O6S2/c1-17-5-2-3-8-22(17)18-9-10-24(23(16-18)26(27,28)29)38(34,35)30-20-11-13-31(14-12-20)39(36,37)21-7-4-6-19(15-21)25(32)33/h2-10,15-16,20,30H,11-14H2,1H3,(H,32,33). The summed E-state index contributed by atoms with van der Waals surface area (Å²) >= 11 is 0. The molecule has 2 N–H and O–H groups in total. The lowest BCUT2D eigenvalue weighted by molar-refractivity contribution is -0.139. The topological polar surface area (TPSA) is 121 Å². The predicted octanol–water partition coefficient (Wildman–Crippen LogP) is 4.51. The second-order valence-electron chi connectivity index (χ2n) is 9.16. The maximum atomic E-state index is 14.0. The number of benzene rings is 3. The fourth-order valence-corrected chi connectivity index (χ4v) is 7.51. The first-order valence-electron chi connectivity index (χ1n) is 11.8. The summed E-state index contributed by atoms with van der Waals surface area (Å²) < 4.78 is 97.4. The van der Waals surface area contributed by atoms with E-state index in [1.54, 1.807) is 31.2 Å². The lowest BCUT2D eigenvalue weighted by atomic mass is 9.99. The Hall–Kier alpha value is -3.26. The van der Waals surface area contributed by atoms with Crippen LogP contribution in [-0.2, 0) is 26.2 Å². The summed E-state index contributed by atoms with van der Waals surface area (Å²) in [5.74, 6) is -1.29. The summed E-state index contributed by atoms with van der Waals surface area (Å²) in [6, 6.07) is 13.9. The van der Waals surface area contributed by atoms with E-state index in [2.05, 4.69) is 4.72 Å². The Morgan fingerprint density at radius 2 is 1.62 bits per heavy atom. The zero-order valence-corrected chi connectivity index (χ0v) is 22.3. The summed E-state index contributed by atoms with van der Waals surface area (Å²) in [5, 5.41) is 9.13. The van der Waals surface area contributed by atoms with Crippen molar-refractivity contribution in [1.82, 2.24) is 9.03 Å². The van der Waals surface area contributed by atoms with Crippen molar-refractivity contribution in [3.8, 4) is 11.1 Å². The number of carboxylic acids is 1. The molecular weight excluding hydrogens is 557 g/mol. The number of sulfonamides is 2. The first-order chi connectivity index (χ1) is 18.2. The molecule has 0 radical (unpaired) electrons. The molecular formula is C26H25F3N2O6S2. The number of hydrogen-bond donors (Lipinski definition) is 2. The third kappa shape index (κ3) is 6.16. The van der Waals surface area contributed by atoms with Crippen LogP contribution >= 0.6 is 0 Å². The Bertz CT molecular complexity index is 1610. The van der Waals surface area contributed by atoms with Gasteiger partial charge in [0.2, 0.25) is 20.0 Å². The monoisotopic (exact) mass is 582 g/mol. The Kier molecular flexibility index (Phi) is 7.90. The average molecular weight is 583 g/mol. The normalized spacial score (nSPS) is 15.8. The molecule has 0 amide bonds. The number of aryl methyl sites for hydroxylation is 1. The first-order valence-corrected chi connectivity index (χ1v) is 14.8. The van der Waals surface area contributed by atoms with Gasteiger partial charge in [0.15, 0.2) is 0 Å². The second-order valence-corrected chi connectivity index (χ2v) is 12.8. The molecule has 8 nitrogen and oxygen atoms in total. The Balaban J connectivity index is 1.53. The second kappa shape index (κ2) is 10.7. The molecule has 3 aromatic rings. The van der Waals surface area contributed by atoms with Gasteiger partial charge in [-0.25, -0.2) is 26.4 Å². The molecule has 1 heterocycles. The van der Waals surface area contributed by atoms with Crippen molar-refractivity contribution in [2.45, 2.75) is 41.8 Å². The van der Waals surface area contributed by atoms with Crippen LogP contribution in [0.4, 0.5) is 13.2 Å². The predicted molar refractivity (Wildman–Crippen MR) is 137 cm³/mol. The van der Waals surface area contributed by atoms with E-state index >= 15 is 0 Å². The molecule has 0 unspecified atom stereocenters. The highest BCUT2D eigenvalue weighted by molar-refractivity contribution is 7.89. The number of piperidine rings is 1. The number of nitrogens with zero attached hydrogens (tertiary/aromatic N) is 1. The highest BCUT2D eigenvalue weighted by atomic mass is 32.2. The molecule has 208 valence electrons. The van der Waals surface area contributed by atoms with Crippen molar-refractivity contribution < 1.29 is 39.9 Å². The van der Waals surface area contributed by atoms with Crippen LogP contribution in [0.25, 0.3) is 11.1 Å². The molecule has 0 bridgehead atoms. The van der Waals surface area contributed by atoms with E-state index in [0.717, 1.165) is 28.1 Å². The van der Waals surface area contributed by atoms with E-state index in [9.17, 15) is 34.8 Å². The van der Waals surface area contributed by atoms with Crippen LogP contribution in [0.2, 0.25) is 0 Å². The van der Waals surface area contributed by atoms with Gasteiger partial charge in [-0.15, -0.1) is 0 Å². The third-order valence-corrected chi connectivity index (χ3v) is 10.00. The summed E-state index contributed by atoms with van der Waals surface area (Å²) in [4.78, 5) is 10.1. The van der Waals surface area contributed by atoms with Gasteiger partial charge < -0.3 is 5.11 Å². The average Bonchev–Trinajstić information content (AvgIpc) is 2.88. The number of alkyl halides is 3. The molecule has 0 atom stereocenters. The summed E-state index contributed by atoms with van der Waals surface area (Å²) in [5.41, 5.74) is 0.00436. The largest absolute Gasteiger partial charge is 0.478 e. The minimum atomic E-state index is -4.94. The van der Waals surface area contributed by atoms with Gasteiger partial charge in [0.25, 0.3) is 0 Å². The van der Waals surface area contributed by atoms with Crippen molar-refractivity contribution in [3.63, 3.8) is 0 Å². The molecule has 3 aromatic carbocycles. The van der Waals surface area contributed by atoms with Gasteiger partial charge in [0.05, 0.1) is 20.9 Å². The lowest BCUT2D eigenvalue weighted by Gasteiger charge is -2.31. The number of hydrogen-bond acceptors (Lipinski definition) is 5. The van der Waals surface area contributed by atoms with E-state index < -0.39 is 48.7 Å². The molecule has 4 rings (SSSR count). The molecule has 1 fully saturated rings. The molecule has 13 heteroatoms. The van der Waals surface area contributed by atoms with Crippen LogP contribution in [0.5, 0.6) is 0 Å². The third-order valence-electron chi connectivity index (χ3n) is 6.53. The minimum absolute atomic E-state index is 0.0136. The molecule has 1 aliphatic rings. The van der Waals surface area contributed by atoms with Gasteiger partial charge in [-0.05, 0) is 66.8 Å². The van der Waals surface area contributed by atoms with Gasteiger partial charge in [0.1, 0.15) is 0 Å². The fourth-order valence-electron chi connectivity index (χ4n) is 4.49. The first kappa shape index (κ1) is 28.7. The SMILES string of the molecule is Cc1ccccc1-c1ccc(S(=O)(=O)NC2CCN(S(=O)(=O)c3cccc(C(=O)O)c3)CC2)c(C(F)(F)F)c1. The molecule has 0 aromatic heterocycles. The highest BCUT2D eigenvalue weighted by Crippen LogP contribution is 2.38. The van der Waals surface area contributed by atoms with E-state index in [1.807, 2.05) is 0 Å². The van der Waals surface area contributed by atoms with E-state index in [-0.39, 0.29) is 42.0 Å². The number of carboxylic acid groups (broad SMARTS) is 1. The molecule has 1 aliphatic heterocycles. The number of halogens is 3. The van der Waals surface area contributed by atoms with Crippen LogP contribution in [0.15, 0.2) is 76.5 Å². The molecule has 0 saturated carbocycles. The molecule has 0 aliphatic carbocycles. The van der Waals surface area contributed by atoms with Gasteiger partial charge in [-0.3, -0.25) is 0 Å². The van der Waals surface area contributed by atoms with E-state index in [4.69, 9.17) is 5.11 Å². The summed E-state index contributed by atoms with van der Waals surface area (Å²) in [6.45, 7) is 1.53. The van der Waals surface area contributed by atoms with Crippen molar-refractivity contribution in [2.75, 3.05) is 13.1 Å².